The van der Waals surface area contributed by atoms with Crippen LogP contribution in [-0.2, 0) is 17.1 Å². The second-order valence-corrected chi connectivity index (χ2v) is 5.85. The van der Waals surface area contributed by atoms with E-state index in [-0.39, 0.29) is 17.1 Å². The molecule has 2 nitrogen and oxygen atoms in total. The number of aliphatic hydroxyl groups is 1. The van der Waals surface area contributed by atoms with E-state index in [1.54, 1.807) is 0 Å². The Labute approximate surface area is 159 Å². The average molecular weight is 363 g/mol. The number of rotatable bonds is 4. The second kappa shape index (κ2) is 11.3. The number of benzene rings is 1. The fourth-order valence-corrected chi connectivity index (χ4v) is 2.49. The van der Waals surface area contributed by atoms with Gasteiger partial charge >= 0.3 is 0 Å². The number of nitrogens with zero attached hydrogens (tertiary/aromatic N) is 1. The van der Waals surface area contributed by atoms with Gasteiger partial charge in [0.25, 0.3) is 0 Å². The summed E-state index contributed by atoms with van der Waals surface area (Å²) in [4.78, 5) is 2.15. The Morgan fingerprint density at radius 1 is 0.792 bits per heavy atom. The van der Waals surface area contributed by atoms with Gasteiger partial charge in [0.15, 0.2) is 0 Å². The van der Waals surface area contributed by atoms with Crippen molar-refractivity contribution >= 4 is 0 Å². The molecule has 2 aliphatic carbocycles. The van der Waals surface area contributed by atoms with Gasteiger partial charge in [-0.25, -0.2) is 0 Å². The summed E-state index contributed by atoms with van der Waals surface area (Å²) < 4.78 is 0. The minimum Gasteiger partial charge on any atom is -0.388 e. The van der Waals surface area contributed by atoms with E-state index in [2.05, 4.69) is 32.3 Å². The summed E-state index contributed by atoms with van der Waals surface area (Å²) in [7, 11) is 4.10. The van der Waals surface area contributed by atoms with Crippen molar-refractivity contribution in [2.24, 2.45) is 0 Å². The SMILES string of the molecule is C[C@@H]([C]1[CH][CH][CH][C]1[C@H](O)c1ccccc1)N(C)C.[CH]1[CH][CH][CH][CH]1.[Fe]. The third-order valence-electron chi connectivity index (χ3n) is 4.08. The van der Waals surface area contributed by atoms with Crippen LogP contribution in [0.1, 0.15) is 18.6 Å². The first-order valence-corrected chi connectivity index (χ1v) is 7.93. The molecule has 2 atom stereocenters. The number of hydrogen-bond acceptors (Lipinski definition) is 2. The van der Waals surface area contributed by atoms with Crippen molar-refractivity contribution in [2.45, 2.75) is 19.1 Å². The molecule has 0 heterocycles. The first-order chi connectivity index (χ1) is 11.1. The van der Waals surface area contributed by atoms with E-state index >= 15 is 0 Å². The zero-order valence-electron chi connectivity index (χ0n) is 14.4. The molecule has 1 aromatic carbocycles. The predicted octanol–water partition coefficient (Wildman–Crippen LogP) is 3.46. The maximum atomic E-state index is 10.5. The van der Waals surface area contributed by atoms with Gasteiger partial charge < -0.3 is 10.0 Å². The van der Waals surface area contributed by atoms with E-state index in [4.69, 9.17) is 0 Å². The molecular weight excluding hydrogens is 338 g/mol. The maximum absolute atomic E-state index is 10.5. The molecule has 0 aliphatic heterocycles. The molecular formula is C21H25FeNO. The molecule has 2 saturated carbocycles. The Morgan fingerprint density at radius 2 is 1.29 bits per heavy atom. The molecule has 2 aliphatic rings. The Morgan fingerprint density at radius 3 is 1.79 bits per heavy atom. The third kappa shape index (κ3) is 6.19. The zero-order chi connectivity index (χ0) is 16.7. The van der Waals surface area contributed by atoms with Gasteiger partial charge in [0.2, 0.25) is 0 Å². The molecule has 10 radical (unpaired) electrons. The molecule has 1 N–H and O–H groups in total. The molecule has 0 amide bonds. The largest absolute Gasteiger partial charge is 0.388 e. The molecule has 0 unspecified atom stereocenters. The van der Waals surface area contributed by atoms with Gasteiger partial charge in [0.05, 0.1) is 6.10 Å². The van der Waals surface area contributed by atoms with Crippen molar-refractivity contribution in [1.29, 1.82) is 0 Å². The van der Waals surface area contributed by atoms with Crippen LogP contribution in [0.2, 0.25) is 0 Å². The zero-order valence-corrected chi connectivity index (χ0v) is 15.5. The molecule has 1 aromatic rings. The third-order valence-corrected chi connectivity index (χ3v) is 4.08. The molecule has 0 aromatic heterocycles. The Hall–Kier alpha value is -0.341. The van der Waals surface area contributed by atoms with Crippen LogP contribution in [0.3, 0.4) is 0 Å². The second-order valence-electron chi connectivity index (χ2n) is 5.85. The van der Waals surface area contributed by atoms with Crippen molar-refractivity contribution in [2.75, 3.05) is 14.1 Å². The fourth-order valence-electron chi connectivity index (χ4n) is 2.49. The van der Waals surface area contributed by atoms with Gasteiger partial charge in [-0.1, -0.05) is 30.3 Å². The smallest absolute Gasteiger partial charge is 0.0862 e. The minimum atomic E-state index is -0.543. The van der Waals surface area contributed by atoms with E-state index in [1.807, 2.05) is 75.3 Å². The van der Waals surface area contributed by atoms with Gasteiger partial charge in [0.1, 0.15) is 0 Å². The Bertz CT molecular complexity index is 425. The van der Waals surface area contributed by atoms with Crippen LogP contribution in [0.15, 0.2) is 30.3 Å². The van der Waals surface area contributed by atoms with Gasteiger partial charge in [0, 0.05) is 34.9 Å². The van der Waals surface area contributed by atoms with Crippen LogP contribution < -0.4 is 0 Å². The first kappa shape index (κ1) is 21.7. The summed E-state index contributed by atoms with van der Waals surface area (Å²) in [5.41, 5.74) is 0.941. The average Bonchev–Trinajstić information content (AvgIpc) is 3.28. The summed E-state index contributed by atoms with van der Waals surface area (Å²) in [6, 6.07) is 10.1. The van der Waals surface area contributed by atoms with Gasteiger partial charge in [-0.3, -0.25) is 0 Å². The van der Waals surface area contributed by atoms with Crippen LogP contribution >= 0.6 is 0 Å². The molecule has 0 saturated heterocycles. The van der Waals surface area contributed by atoms with Gasteiger partial charge in [-0.05, 0) is 77.9 Å². The van der Waals surface area contributed by atoms with E-state index in [0.717, 1.165) is 11.5 Å². The fraction of sp³-hybridized carbons (Fsp3) is 0.238. The maximum Gasteiger partial charge on any atom is 0.0862 e. The normalized spacial score (nSPS) is 21.0. The van der Waals surface area contributed by atoms with Crippen LogP contribution in [0.5, 0.6) is 0 Å². The molecule has 0 bridgehead atoms. The molecule has 3 heteroatoms. The summed E-state index contributed by atoms with van der Waals surface area (Å²) in [5, 5.41) is 10.5. The monoisotopic (exact) mass is 363 g/mol. The first-order valence-electron chi connectivity index (χ1n) is 7.93. The molecule has 3 rings (SSSR count). The standard InChI is InChI=1S/C16H20NO.C5H5.Fe/c1-12(17(2)3)14-10-7-11-15(14)16(18)13-8-5-4-6-9-13;1-2-4-5-3-1;/h4-12,16,18H,1-3H3;1-5H;/t12-,16+;;/m0../s1. The van der Waals surface area contributed by atoms with Crippen molar-refractivity contribution in [3.05, 3.63) is 99.1 Å². The van der Waals surface area contributed by atoms with Crippen molar-refractivity contribution in [1.82, 2.24) is 4.90 Å². The number of aliphatic hydroxyl groups excluding tert-OH is 1. The van der Waals surface area contributed by atoms with Crippen molar-refractivity contribution in [3.63, 3.8) is 0 Å². The Balaban J connectivity index is 0.000000412. The van der Waals surface area contributed by atoms with E-state index in [0.29, 0.717) is 6.04 Å². The topological polar surface area (TPSA) is 23.5 Å². The molecule has 0 spiro atoms. The predicted molar refractivity (Wildman–Crippen MR) is 95.4 cm³/mol. The summed E-state index contributed by atoms with van der Waals surface area (Å²) in [6.07, 6.45) is 15.6. The molecule has 24 heavy (non-hydrogen) atoms. The quantitative estimate of drug-likeness (QED) is 0.829. The van der Waals surface area contributed by atoms with Crippen molar-refractivity contribution in [3.8, 4) is 0 Å². The summed E-state index contributed by atoms with van der Waals surface area (Å²) >= 11 is 0. The van der Waals surface area contributed by atoms with Crippen molar-refractivity contribution < 1.29 is 22.2 Å². The summed E-state index contributed by atoms with van der Waals surface area (Å²) in [6.45, 7) is 2.15. The van der Waals surface area contributed by atoms with E-state index in [9.17, 15) is 5.11 Å². The van der Waals surface area contributed by atoms with E-state index in [1.165, 1.54) is 5.92 Å². The molecule has 2 fully saturated rings. The van der Waals surface area contributed by atoms with E-state index < -0.39 is 6.10 Å². The Kier molecular flexibility index (Phi) is 10.2. The van der Waals surface area contributed by atoms with Crippen LogP contribution in [0.4, 0.5) is 0 Å². The summed E-state index contributed by atoms with van der Waals surface area (Å²) in [5.74, 6) is 2.19. The van der Waals surface area contributed by atoms with Crippen LogP contribution in [-0.4, -0.2) is 30.1 Å². The van der Waals surface area contributed by atoms with Gasteiger partial charge in [-0.15, -0.1) is 0 Å². The van der Waals surface area contributed by atoms with Crippen LogP contribution in [0.25, 0.3) is 0 Å². The van der Waals surface area contributed by atoms with Gasteiger partial charge in [-0.2, -0.15) is 0 Å². The minimum absolute atomic E-state index is 0. The van der Waals surface area contributed by atoms with Crippen LogP contribution in [0, 0.1) is 63.2 Å². The number of hydrogen-bond donors (Lipinski definition) is 1. The molecule has 128 valence electrons.